The number of aliphatic hydroxyl groups is 1. The van der Waals surface area contributed by atoms with Crippen LogP contribution in [0.3, 0.4) is 0 Å². The van der Waals surface area contributed by atoms with Gasteiger partial charge in [0.2, 0.25) is 5.78 Å². The van der Waals surface area contributed by atoms with Gasteiger partial charge in [0.25, 0.3) is 0 Å². The number of phenols is 2. The minimum Gasteiger partial charge on any atom is -0.507 e. The molecule has 1 aliphatic carbocycles. The summed E-state index contributed by atoms with van der Waals surface area (Å²) in [6.07, 6.45) is 1.70. The molecule has 0 unspecified atom stereocenters. The minimum atomic E-state index is -1.50. The molecule has 0 aromatic heterocycles. The maximum Gasteiger partial charge on any atom is 0.201 e. The lowest BCUT2D eigenvalue weighted by Gasteiger charge is -2.35. The van der Waals surface area contributed by atoms with Crippen molar-refractivity contribution in [2.75, 3.05) is 0 Å². The molecule has 0 heterocycles. The van der Waals surface area contributed by atoms with Gasteiger partial charge in [0.05, 0.1) is 11.1 Å². The number of carbonyl (C=O) groups excluding carboxylic acids is 1. The van der Waals surface area contributed by atoms with Crippen molar-refractivity contribution in [1.82, 2.24) is 0 Å². The first-order chi connectivity index (χ1) is 10.0. The number of fused-ring (bicyclic) bond motifs is 2. The number of ketones is 1. The van der Waals surface area contributed by atoms with Crippen molar-refractivity contribution in [3.63, 3.8) is 0 Å². The van der Waals surface area contributed by atoms with E-state index in [1.54, 1.807) is 24.3 Å². The average molecular weight is 282 g/mol. The number of aromatic hydroxyl groups is 2. The molecule has 3 N–H and O–H groups in total. The molecule has 2 aromatic carbocycles. The summed E-state index contributed by atoms with van der Waals surface area (Å²) in [5.41, 5.74) is -0.805. The molecule has 0 spiro atoms. The van der Waals surface area contributed by atoms with Crippen molar-refractivity contribution >= 4 is 5.78 Å². The van der Waals surface area contributed by atoms with Crippen molar-refractivity contribution in [3.8, 4) is 11.5 Å². The smallest absolute Gasteiger partial charge is 0.201 e. The molecule has 0 atom stereocenters. The van der Waals surface area contributed by atoms with E-state index in [9.17, 15) is 20.1 Å². The molecule has 4 heteroatoms. The van der Waals surface area contributed by atoms with Gasteiger partial charge in [-0.1, -0.05) is 30.3 Å². The zero-order chi connectivity index (χ0) is 15.2. The summed E-state index contributed by atoms with van der Waals surface area (Å²) in [5.74, 6) is -0.923. The first kappa shape index (κ1) is 13.4. The van der Waals surface area contributed by atoms with Gasteiger partial charge in [-0.25, -0.2) is 0 Å². The number of benzene rings is 2. The van der Waals surface area contributed by atoms with Gasteiger partial charge in [-0.2, -0.15) is 0 Å². The van der Waals surface area contributed by atoms with Crippen LogP contribution in [0.5, 0.6) is 11.5 Å². The SMILES string of the molecule is C=CCC1(O)c2cccc(O)c2C(=O)c2c(O)cccc21. The van der Waals surface area contributed by atoms with E-state index in [1.165, 1.54) is 18.2 Å². The van der Waals surface area contributed by atoms with Crippen molar-refractivity contribution in [3.05, 3.63) is 71.3 Å². The fraction of sp³-hybridized carbons (Fsp3) is 0.118. The molecule has 0 saturated heterocycles. The Morgan fingerprint density at radius 1 is 1.00 bits per heavy atom. The van der Waals surface area contributed by atoms with Crippen LogP contribution in [0, 0.1) is 0 Å². The number of hydrogen-bond donors (Lipinski definition) is 3. The van der Waals surface area contributed by atoms with Gasteiger partial charge in [-0.15, -0.1) is 6.58 Å². The molecule has 1 aliphatic rings. The van der Waals surface area contributed by atoms with Gasteiger partial charge in [-0.05, 0) is 12.1 Å². The Bertz CT molecular complexity index is 706. The van der Waals surface area contributed by atoms with Gasteiger partial charge in [0, 0.05) is 17.5 Å². The van der Waals surface area contributed by atoms with Crippen molar-refractivity contribution in [1.29, 1.82) is 0 Å². The van der Waals surface area contributed by atoms with Crippen LogP contribution in [-0.2, 0) is 5.60 Å². The summed E-state index contributed by atoms with van der Waals surface area (Å²) in [4.78, 5) is 12.6. The van der Waals surface area contributed by atoms with Gasteiger partial charge < -0.3 is 15.3 Å². The van der Waals surface area contributed by atoms with Crippen LogP contribution in [0.25, 0.3) is 0 Å². The molecular formula is C17H14O4. The van der Waals surface area contributed by atoms with E-state index in [0.29, 0.717) is 11.1 Å². The molecule has 0 bridgehead atoms. The second-order valence-corrected chi connectivity index (χ2v) is 5.08. The van der Waals surface area contributed by atoms with Crippen LogP contribution in [0.1, 0.15) is 33.5 Å². The Labute approximate surface area is 121 Å². The van der Waals surface area contributed by atoms with Crippen LogP contribution >= 0.6 is 0 Å². The number of phenolic OH excluding ortho intramolecular Hbond substituents is 2. The van der Waals surface area contributed by atoms with E-state index in [4.69, 9.17) is 0 Å². The highest BCUT2D eigenvalue weighted by atomic mass is 16.3. The Hall–Kier alpha value is -2.59. The summed E-state index contributed by atoms with van der Waals surface area (Å²) < 4.78 is 0. The summed E-state index contributed by atoms with van der Waals surface area (Å²) in [6, 6.07) is 9.12. The molecule has 2 aromatic rings. The standard InChI is InChI=1S/C17H14O4/c1-2-9-17(21)10-5-3-7-12(18)14(10)16(20)15-11(17)6-4-8-13(15)19/h2-8,18-19,21H,1,9H2. The minimum absolute atomic E-state index is 0.0239. The van der Waals surface area contributed by atoms with Crippen LogP contribution in [-0.4, -0.2) is 21.1 Å². The molecule has 106 valence electrons. The second-order valence-electron chi connectivity index (χ2n) is 5.08. The van der Waals surface area contributed by atoms with Gasteiger partial charge in [-0.3, -0.25) is 4.79 Å². The third-order valence-corrected chi connectivity index (χ3v) is 3.87. The number of hydrogen-bond acceptors (Lipinski definition) is 4. The number of rotatable bonds is 2. The van der Waals surface area contributed by atoms with E-state index < -0.39 is 11.4 Å². The zero-order valence-corrected chi connectivity index (χ0v) is 11.2. The second kappa shape index (κ2) is 4.46. The lowest BCUT2D eigenvalue weighted by atomic mass is 9.72. The van der Waals surface area contributed by atoms with E-state index in [-0.39, 0.29) is 29.0 Å². The Kier molecular flexibility index (Phi) is 2.85. The molecule has 21 heavy (non-hydrogen) atoms. The lowest BCUT2D eigenvalue weighted by Crippen LogP contribution is -2.35. The predicted octanol–water partition coefficient (Wildman–Crippen LogP) is 2.45. The first-order valence-corrected chi connectivity index (χ1v) is 6.53. The third kappa shape index (κ3) is 1.69. The zero-order valence-electron chi connectivity index (χ0n) is 11.2. The maximum atomic E-state index is 12.6. The van der Waals surface area contributed by atoms with Crippen molar-refractivity contribution < 1.29 is 20.1 Å². The van der Waals surface area contributed by atoms with Crippen LogP contribution in [0.2, 0.25) is 0 Å². The summed E-state index contributed by atoms with van der Waals surface area (Å²) in [7, 11) is 0. The van der Waals surface area contributed by atoms with E-state index in [0.717, 1.165) is 0 Å². The Morgan fingerprint density at radius 2 is 1.48 bits per heavy atom. The molecule has 0 aliphatic heterocycles. The van der Waals surface area contributed by atoms with E-state index >= 15 is 0 Å². The van der Waals surface area contributed by atoms with Crippen molar-refractivity contribution in [2.24, 2.45) is 0 Å². The molecule has 3 rings (SSSR count). The summed E-state index contributed by atoms with van der Waals surface area (Å²) >= 11 is 0. The molecule has 0 saturated carbocycles. The van der Waals surface area contributed by atoms with Crippen LogP contribution < -0.4 is 0 Å². The Morgan fingerprint density at radius 3 is 1.90 bits per heavy atom. The largest absolute Gasteiger partial charge is 0.507 e. The van der Waals surface area contributed by atoms with Gasteiger partial charge in [0.15, 0.2) is 0 Å². The van der Waals surface area contributed by atoms with Crippen LogP contribution in [0.15, 0.2) is 49.1 Å². The van der Waals surface area contributed by atoms with Gasteiger partial charge >= 0.3 is 0 Å². The molecular weight excluding hydrogens is 268 g/mol. The van der Waals surface area contributed by atoms with E-state index in [2.05, 4.69) is 6.58 Å². The quantitative estimate of drug-likeness (QED) is 0.739. The molecule has 0 fully saturated rings. The van der Waals surface area contributed by atoms with E-state index in [1.807, 2.05) is 0 Å². The number of carbonyl (C=O) groups is 1. The highest BCUT2D eigenvalue weighted by Crippen LogP contribution is 2.46. The van der Waals surface area contributed by atoms with Crippen LogP contribution in [0.4, 0.5) is 0 Å². The normalized spacial score (nSPS) is 15.2. The molecule has 4 nitrogen and oxygen atoms in total. The summed E-state index contributed by atoms with van der Waals surface area (Å²) in [5, 5.41) is 31.1. The average Bonchev–Trinajstić information content (AvgIpc) is 2.45. The fourth-order valence-corrected chi connectivity index (χ4v) is 2.95. The monoisotopic (exact) mass is 282 g/mol. The molecule has 0 amide bonds. The van der Waals surface area contributed by atoms with Gasteiger partial charge in [0.1, 0.15) is 17.1 Å². The highest BCUT2D eigenvalue weighted by molar-refractivity contribution is 6.16. The fourth-order valence-electron chi connectivity index (χ4n) is 2.95. The molecule has 0 radical (unpaired) electrons. The highest BCUT2D eigenvalue weighted by Gasteiger charge is 2.43. The summed E-state index contributed by atoms with van der Waals surface area (Å²) in [6.45, 7) is 3.64. The third-order valence-electron chi connectivity index (χ3n) is 3.87. The lowest BCUT2D eigenvalue weighted by molar-refractivity contribution is 0.0735. The topological polar surface area (TPSA) is 77.8 Å². The Balaban J connectivity index is 2.43. The predicted molar refractivity (Wildman–Crippen MR) is 77.5 cm³/mol. The first-order valence-electron chi connectivity index (χ1n) is 6.53. The maximum absolute atomic E-state index is 12.6. The van der Waals surface area contributed by atoms with Crippen molar-refractivity contribution in [2.45, 2.75) is 12.0 Å².